The van der Waals surface area contributed by atoms with Crippen LogP contribution in [0.2, 0.25) is 0 Å². The Hall–Kier alpha value is -1.62. The van der Waals surface area contributed by atoms with Gasteiger partial charge in [-0.2, -0.15) is 0 Å². The van der Waals surface area contributed by atoms with Crippen LogP contribution in [0.3, 0.4) is 0 Å². The molecule has 5 heteroatoms. The van der Waals surface area contributed by atoms with E-state index in [1.807, 2.05) is 6.07 Å². The molecule has 0 saturated heterocycles. The topological polar surface area (TPSA) is 78.4 Å². The zero-order valence-electron chi connectivity index (χ0n) is 12.6. The van der Waals surface area contributed by atoms with Gasteiger partial charge in [0, 0.05) is 11.6 Å². The van der Waals surface area contributed by atoms with Gasteiger partial charge < -0.3 is 10.5 Å². The minimum Gasteiger partial charge on any atom is -0.496 e. The van der Waals surface area contributed by atoms with Gasteiger partial charge in [0.15, 0.2) is 0 Å². The van der Waals surface area contributed by atoms with Crippen molar-refractivity contribution in [2.45, 2.75) is 56.9 Å². The van der Waals surface area contributed by atoms with Gasteiger partial charge in [-0.1, -0.05) is 32.1 Å². The van der Waals surface area contributed by atoms with Crippen LogP contribution in [-0.2, 0) is 6.42 Å². The number of hydrogen-bond acceptors (Lipinski definition) is 4. The van der Waals surface area contributed by atoms with Gasteiger partial charge in [0.25, 0.3) is 5.69 Å². The van der Waals surface area contributed by atoms with E-state index in [0.29, 0.717) is 12.2 Å². The third-order valence-corrected chi connectivity index (χ3v) is 4.30. The molecular weight excluding hydrogens is 268 g/mol. The first-order chi connectivity index (χ1) is 10.0. The maximum atomic E-state index is 11.0. The zero-order valence-corrected chi connectivity index (χ0v) is 12.6. The van der Waals surface area contributed by atoms with Crippen molar-refractivity contribution in [3.63, 3.8) is 0 Å². The van der Waals surface area contributed by atoms with Gasteiger partial charge in [-0.25, -0.2) is 0 Å². The fraction of sp³-hybridized carbons (Fsp3) is 0.625. The van der Waals surface area contributed by atoms with Crippen molar-refractivity contribution in [2.24, 2.45) is 5.73 Å². The minimum absolute atomic E-state index is 0.0683. The summed E-state index contributed by atoms with van der Waals surface area (Å²) in [6, 6.07) is 4.93. The Morgan fingerprint density at radius 1 is 1.19 bits per heavy atom. The molecule has 1 aromatic rings. The number of rotatable bonds is 4. The summed E-state index contributed by atoms with van der Waals surface area (Å²) in [6.45, 7) is 0. The predicted octanol–water partition coefficient (Wildman–Crippen LogP) is 3.59. The third kappa shape index (κ3) is 4.43. The van der Waals surface area contributed by atoms with Crippen LogP contribution in [0.4, 0.5) is 5.69 Å². The predicted molar refractivity (Wildman–Crippen MR) is 82.6 cm³/mol. The standard InChI is InChI=1S/C16H24N2O3/c1-21-15-10-13(9-14(11-15)18(19)20)12-16(17)7-5-3-2-4-6-8-16/h9-11H,2-8,12,17H2,1H3. The molecule has 1 aliphatic carbocycles. The van der Waals surface area contributed by atoms with E-state index in [2.05, 4.69) is 0 Å². The second-order valence-corrected chi connectivity index (χ2v) is 6.10. The van der Waals surface area contributed by atoms with Gasteiger partial charge >= 0.3 is 0 Å². The molecule has 0 aromatic heterocycles. The lowest BCUT2D eigenvalue weighted by Gasteiger charge is -2.31. The lowest BCUT2D eigenvalue weighted by molar-refractivity contribution is -0.385. The van der Waals surface area contributed by atoms with Gasteiger partial charge in [-0.05, 0) is 30.9 Å². The highest BCUT2D eigenvalue weighted by atomic mass is 16.6. The molecule has 0 heterocycles. The lowest BCUT2D eigenvalue weighted by atomic mass is 9.80. The van der Waals surface area contributed by atoms with E-state index >= 15 is 0 Å². The van der Waals surface area contributed by atoms with E-state index in [4.69, 9.17) is 10.5 Å². The van der Waals surface area contributed by atoms with E-state index in [-0.39, 0.29) is 16.1 Å². The molecule has 0 aliphatic heterocycles. The van der Waals surface area contributed by atoms with Crippen molar-refractivity contribution in [1.29, 1.82) is 0 Å². The van der Waals surface area contributed by atoms with E-state index in [0.717, 1.165) is 31.2 Å². The Labute approximate surface area is 125 Å². The van der Waals surface area contributed by atoms with Crippen LogP contribution in [0.5, 0.6) is 5.75 Å². The fourth-order valence-corrected chi connectivity index (χ4v) is 3.16. The quantitative estimate of drug-likeness (QED) is 0.679. The van der Waals surface area contributed by atoms with Crippen molar-refractivity contribution >= 4 is 5.69 Å². The molecule has 0 bridgehead atoms. The normalized spacial score (nSPS) is 18.6. The Morgan fingerprint density at radius 2 is 1.81 bits per heavy atom. The summed E-state index contributed by atoms with van der Waals surface area (Å²) in [5.41, 5.74) is 7.28. The van der Waals surface area contributed by atoms with E-state index < -0.39 is 0 Å². The van der Waals surface area contributed by atoms with E-state index in [1.54, 1.807) is 6.07 Å². The highest BCUT2D eigenvalue weighted by Crippen LogP contribution is 2.30. The summed E-state index contributed by atoms with van der Waals surface area (Å²) in [6.07, 6.45) is 8.68. The molecule has 0 spiro atoms. The van der Waals surface area contributed by atoms with Crippen LogP contribution in [0.15, 0.2) is 18.2 Å². The molecule has 1 aromatic carbocycles. The highest BCUT2D eigenvalue weighted by molar-refractivity contribution is 5.43. The third-order valence-electron chi connectivity index (χ3n) is 4.30. The van der Waals surface area contributed by atoms with Crippen LogP contribution in [0, 0.1) is 10.1 Å². The van der Waals surface area contributed by atoms with Gasteiger partial charge in [0.1, 0.15) is 5.75 Å². The molecule has 5 nitrogen and oxygen atoms in total. The molecule has 1 aliphatic rings. The number of hydrogen-bond donors (Lipinski definition) is 1. The highest BCUT2D eigenvalue weighted by Gasteiger charge is 2.26. The number of non-ortho nitro benzene ring substituents is 1. The largest absolute Gasteiger partial charge is 0.496 e. The summed E-state index contributed by atoms with van der Waals surface area (Å²) in [5, 5.41) is 11.0. The number of nitro groups is 1. The van der Waals surface area contributed by atoms with Crippen LogP contribution < -0.4 is 10.5 Å². The average molecular weight is 292 g/mol. The summed E-state index contributed by atoms with van der Waals surface area (Å²) >= 11 is 0. The first kappa shape index (κ1) is 15.8. The van der Waals surface area contributed by atoms with Crippen LogP contribution in [-0.4, -0.2) is 17.6 Å². The second-order valence-electron chi connectivity index (χ2n) is 6.10. The van der Waals surface area contributed by atoms with Gasteiger partial charge in [0.05, 0.1) is 18.1 Å². The summed E-state index contributed by atoms with van der Waals surface area (Å²) in [4.78, 5) is 10.6. The molecule has 0 radical (unpaired) electrons. The number of nitrogens with two attached hydrogens (primary N) is 1. The molecule has 1 fully saturated rings. The average Bonchev–Trinajstić information content (AvgIpc) is 2.43. The zero-order chi connectivity index (χ0) is 15.3. The second kappa shape index (κ2) is 6.89. The molecule has 0 unspecified atom stereocenters. The number of ether oxygens (including phenoxy) is 1. The Kier molecular flexibility index (Phi) is 5.17. The smallest absolute Gasteiger partial charge is 0.273 e. The van der Waals surface area contributed by atoms with Gasteiger partial charge in [-0.3, -0.25) is 10.1 Å². The number of benzene rings is 1. The van der Waals surface area contributed by atoms with Crippen molar-refractivity contribution in [3.05, 3.63) is 33.9 Å². The molecule has 116 valence electrons. The molecule has 0 atom stereocenters. The Bertz CT molecular complexity index is 494. The fourth-order valence-electron chi connectivity index (χ4n) is 3.16. The van der Waals surface area contributed by atoms with Crippen molar-refractivity contribution < 1.29 is 9.66 Å². The Balaban J connectivity index is 2.20. The lowest BCUT2D eigenvalue weighted by Crippen LogP contribution is -2.42. The first-order valence-electron chi connectivity index (χ1n) is 7.64. The van der Waals surface area contributed by atoms with E-state index in [1.165, 1.54) is 32.4 Å². The number of methoxy groups -OCH3 is 1. The molecule has 1 saturated carbocycles. The SMILES string of the molecule is COc1cc(CC2(N)CCCCCCC2)cc([N+](=O)[O-])c1. The minimum atomic E-state index is -0.382. The number of nitrogens with zero attached hydrogens (tertiary/aromatic N) is 1. The summed E-state index contributed by atoms with van der Waals surface area (Å²) in [7, 11) is 1.52. The molecule has 2 rings (SSSR count). The van der Waals surface area contributed by atoms with Crippen LogP contribution in [0.25, 0.3) is 0 Å². The molecule has 0 amide bonds. The van der Waals surface area contributed by atoms with Crippen LogP contribution >= 0.6 is 0 Å². The summed E-state index contributed by atoms with van der Waals surface area (Å²) < 4.78 is 5.17. The maximum Gasteiger partial charge on any atom is 0.273 e. The molecular formula is C16H24N2O3. The number of nitro benzene ring substituents is 1. The van der Waals surface area contributed by atoms with Crippen LogP contribution in [0.1, 0.15) is 50.5 Å². The Morgan fingerprint density at radius 3 is 2.38 bits per heavy atom. The first-order valence-corrected chi connectivity index (χ1v) is 7.64. The molecule has 21 heavy (non-hydrogen) atoms. The van der Waals surface area contributed by atoms with Gasteiger partial charge in [0.2, 0.25) is 0 Å². The maximum absolute atomic E-state index is 11.0. The summed E-state index contributed by atoms with van der Waals surface area (Å²) in [5.74, 6) is 0.522. The van der Waals surface area contributed by atoms with E-state index in [9.17, 15) is 10.1 Å². The van der Waals surface area contributed by atoms with Gasteiger partial charge in [-0.15, -0.1) is 0 Å². The van der Waals surface area contributed by atoms with Crippen molar-refractivity contribution in [1.82, 2.24) is 0 Å². The monoisotopic (exact) mass is 292 g/mol. The van der Waals surface area contributed by atoms with Crippen molar-refractivity contribution in [3.8, 4) is 5.75 Å². The van der Waals surface area contributed by atoms with Crippen molar-refractivity contribution in [2.75, 3.05) is 7.11 Å². The molecule has 2 N–H and O–H groups in total.